The number of aliphatic hydroxyl groups is 1. The van der Waals surface area contributed by atoms with E-state index in [1.54, 1.807) is 6.92 Å². The van der Waals surface area contributed by atoms with Gasteiger partial charge in [-0.2, -0.15) is 0 Å². The van der Waals surface area contributed by atoms with E-state index in [4.69, 9.17) is 4.52 Å². The Morgan fingerprint density at radius 2 is 1.64 bits per heavy atom. The lowest BCUT2D eigenvalue weighted by molar-refractivity contribution is -0.146. The summed E-state index contributed by atoms with van der Waals surface area (Å²) in [5.74, 6) is -0.617. The molecule has 0 heterocycles. The SMILES string of the molecule is CCCCCCCCCC(=O)NCCOP(=O)(O)OCC(O)COC(=O)CC. The Kier molecular flexibility index (Phi) is 16.3. The van der Waals surface area contributed by atoms with E-state index in [0.29, 0.717) is 6.42 Å². The molecule has 0 bridgehead atoms. The van der Waals surface area contributed by atoms with Crippen molar-refractivity contribution in [2.75, 3.05) is 26.4 Å². The first-order chi connectivity index (χ1) is 13.3. The van der Waals surface area contributed by atoms with Crippen LogP contribution in [-0.4, -0.2) is 54.3 Å². The molecule has 9 nitrogen and oxygen atoms in total. The molecule has 0 rings (SSSR count). The second kappa shape index (κ2) is 16.9. The highest BCUT2D eigenvalue weighted by atomic mass is 31.2. The zero-order valence-corrected chi connectivity index (χ0v) is 18.0. The number of rotatable bonds is 18. The molecule has 0 radical (unpaired) electrons. The Balaban J connectivity index is 3.69. The number of hydrogen-bond donors (Lipinski definition) is 3. The molecule has 0 aromatic heterocycles. The van der Waals surface area contributed by atoms with Crippen LogP contribution in [0.4, 0.5) is 0 Å². The van der Waals surface area contributed by atoms with Gasteiger partial charge in [-0.1, -0.05) is 52.4 Å². The molecular formula is C18H36NO8P. The van der Waals surface area contributed by atoms with Gasteiger partial charge in [0, 0.05) is 19.4 Å². The standard InChI is InChI=1S/C18H36NO8P/c1-3-5-6-7-8-9-10-11-17(21)19-12-13-26-28(23,24)27-15-16(20)14-25-18(22)4-2/h16,20H,3-15H2,1-2H3,(H,19,21)(H,23,24). The Morgan fingerprint density at radius 1 is 1.00 bits per heavy atom. The maximum absolute atomic E-state index is 11.7. The minimum Gasteiger partial charge on any atom is -0.463 e. The Labute approximate surface area is 167 Å². The van der Waals surface area contributed by atoms with Crippen LogP contribution in [0.25, 0.3) is 0 Å². The smallest absolute Gasteiger partial charge is 0.463 e. The molecule has 2 atom stereocenters. The molecule has 28 heavy (non-hydrogen) atoms. The molecule has 10 heteroatoms. The lowest BCUT2D eigenvalue weighted by atomic mass is 10.1. The number of aliphatic hydroxyl groups excluding tert-OH is 1. The van der Waals surface area contributed by atoms with E-state index in [-0.39, 0.29) is 32.1 Å². The second-order valence-corrected chi connectivity index (χ2v) is 7.96. The Morgan fingerprint density at radius 3 is 2.29 bits per heavy atom. The summed E-state index contributed by atoms with van der Waals surface area (Å²) in [7, 11) is -4.35. The molecule has 0 fully saturated rings. The van der Waals surface area contributed by atoms with Gasteiger partial charge in [0.25, 0.3) is 0 Å². The molecule has 0 saturated heterocycles. The third-order valence-electron chi connectivity index (χ3n) is 3.84. The number of amides is 1. The summed E-state index contributed by atoms with van der Waals surface area (Å²) in [6.45, 7) is 2.81. The average molecular weight is 425 g/mol. The summed E-state index contributed by atoms with van der Waals surface area (Å²) in [4.78, 5) is 32.1. The number of unbranched alkanes of at least 4 members (excludes halogenated alkanes) is 6. The molecule has 0 aliphatic carbocycles. The summed E-state index contributed by atoms with van der Waals surface area (Å²) in [6.07, 6.45) is 7.23. The van der Waals surface area contributed by atoms with E-state index < -0.39 is 26.5 Å². The van der Waals surface area contributed by atoms with Crippen molar-refractivity contribution in [3.63, 3.8) is 0 Å². The van der Waals surface area contributed by atoms with Gasteiger partial charge >= 0.3 is 13.8 Å². The first kappa shape index (κ1) is 27.0. The van der Waals surface area contributed by atoms with Crippen LogP contribution in [0.3, 0.4) is 0 Å². The van der Waals surface area contributed by atoms with Crippen LogP contribution < -0.4 is 5.32 Å². The number of ether oxygens (including phenoxy) is 1. The monoisotopic (exact) mass is 425 g/mol. The van der Waals surface area contributed by atoms with Crippen LogP contribution >= 0.6 is 7.82 Å². The number of carbonyl (C=O) groups excluding carboxylic acids is 2. The summed E-state index contributed by atoms with van der Waals surface area (Å²) >= 11 is 0. The minimum absolute atomic E-state index is 0.0832. The number of esters is 1. The Hall–Kier alpha value is -0.990. The van der Waals surface area contributed by atoms with Gasteiger partial charge in [-0.05, 0) is 6.42 Å². The summed E-state index contributed by atoms with van der Waals surface area (Å²) in [6, 6.07) is 0. The lowest BCUT2D eigenvalue weighted by Crippen LogP contribution is -2.27. The molecule has 0 saturated carbocycles. The van der Waals surface area contributed by atoms with E-state index in [2.05, 4.69) is 21.5 Å². The number of hydrogen-bond acceptors (Lipinski definition) is 7. The molecule has 0 spiro atoms. The molecule has 3 N–H and O–H groups in total. The maximum atomic E-state index is 11.7. The van der Waals surface area contributed by atoms with Crippen LogP contribution in [0.15, 0.2) is 0 Å². The third-order valence-corrected chi connectivity index (χ3v) is 4.83. The number of carbonyl (C=O) groups is 2. The zero-order chi connectivity index (χ0) is 21.3. The van der Waals surface area contributed by atoms with Gasteiger partial charge in [-0.25, -0.2) is 4.57 Å². The topological polar surface area (TPSA) is 131 Å². The second-order valence-electron chi connectivity index (χ2n) is 6.51. The first-order valence-electron chi connectivity index (χ1n) is 10.0. The van der Waals surface area contributed by atoms with Gasteiger partial charge < -0.3 is 20.1 Å². The van der Waals surface area contributed by atoms with Crippen molar-refractivity contribution in [3.8, 4) is 0 Å². The van der Waals surface area contributed by atoms with E-state index in [1.807, 2.05) is 0 Å². The van der Waals surface area contributed by atoms with E-state index >= 15 is 0 Å². The molecule has 2 unspecified atom stereocenters. The van der Waals surface area contributed by atoms with Crippen molar-refractivity contribution >= 4 is 19.7 Å². The van der Waals surface area contributed by atoms with E-state index in [9.17, 15) is 24.2 Å². The average Bonchev–Trinajstić information content (AvgIpc) is 2.67. The number of phosphoric acid groups is 1. The van der Waals surface area contributed by atoms with Crippen LogP contribution in [-0.2, 0) is 27.9 Å². The van der Waals surface area contributed by atoms with Crippen LogP contribution in [0.2, 0.25) is 0 Å². The molecule has 0 aromatic rings. The van der Waals surface area contributed by atoms with Gasteiger partial charge in [0.2, 0.25) is 5.91 Å². The number of nitrogens with one attached hydrogen (secondary N) is 1. The van der Waals surface area contributed by atoms with Crippen molar-refractivity contribution in [3.05, 3.63) is 0 Å². The van der Waals surface area contributed by atoms with E-state index in [1.165, 1.54) is 25.7 Å². The molecule has 0 aliphatic rings. The van der Waals surface area contributed by atoms with Crippen LogP contribution in [0.5, 0.6) is 0 Å². The zero-order valence-electron chi connectivity index (χ0n) is 17.1. The Bertz CT molecular complexity index is 475. The fourth-order valence-corrected chi connectivity index (χ4v) is 3.00. The van der Waals surface area contributed by atoms with Crippen molar-refractivity contribution in [2.24, 2.45) is 0 Å². The molecule has 166 valence electrons. The molecule has 1 amide bonds. The lowest BCUT2D eigenvalue weighted by Gasteiger charge is -2.15. The van der Waals surface area contributed by atoms with Crippen molar-refractivity contribution in [2.45, 2.75) is 77.7 Å². The van der Waals surface area contributed by atoms with Crippen molar-refractivity contribution in [1.82, 2.24) is 5.32 Å². The largest absolute Gasteiger partial charge is 0.472 e. The highest BCUT2D eigenvalue weighted by Gasteiger charge is 2.23. The quantitative estimate of drug-likeness (QED) is 0.174. The highest BCUT2D eigenvalue weighted by Crippen LogP contribution is 2.42. The number of phosphoric ester groups is 1. The highest BCUT2D eigenvalue weighted by molar-refractivity contribution is 7.47. The van der Waals surface area contributed by atoms with Crippen LogP contribution in [0, 0.1) is 0 Å². The fourth-order valence-electron chi connectivity index (χ4n) is 2.24. The first-order valence-corrected chi connectivity index (χ1v) is 11.5. The van der Waals surface area contributed by atoms with Crippen LogP contribution in [0.1, 0.15) is 71.6 Å². The predicted molar refractivity (Wildman–Crippen MR) is 105 cm³/mol. The minimum atomic E-state index is -4.35. The summed E-state index contributed by atoms with van der Waals surface area (Å²) in [5, 5.41) is 12.1. The summed E-state index contributed by atoms with van der Waals surface area (Å²) < 4.78 is 25.7. The normalized spacial score (nSPS) is 14.3. The molecular weight excluding hydrogens is 389 g/mol. The van der Waals surface area contributed by atoms with Crippen molar-refractivity contribution in [1.29, 1.82) is 0 Å². The van der Waals surface area contributed by atoms with Gasteiger partial charge in [0.05, 0.1) is 13.2 Å². The third kappa shape index (κ3) is 17.1. The predicted octanol–water partition coefficient (Wildman–Crippen LogP) is 2.69. The van der Waals surface area contributed by atoms with Gasteiger partial charge in [0.1, 0.15) is 12.7 Å². The maximum Gasteiger partial charge on any atom is 0.472 e. The van der Waals surface area contributed by atoms with Gasteiger partial charge in [-0.3, -0.25) is 18.6 Å². The van der Waals surface area contributed by atoms with Gasteiger partial charge in [-0.15, -0.1) is 0 Å². The molecule has 0 aromatic carbocycles. The fraction of sp³-hybridized carbons (Fsp3) is 0.889. The molecule has 0 aliphatic heterocycles. The van der Waals surface area contributed by atoms with Gasteiger partial charge in [0.15, 0.2) is 0 Å². The van der Waals surface area contributed by atoms with Crippen molar-refractivity contribution < 1.29 is 37.9 Å². The van der Waals surface area contributed by atoms with E-state index in [0.717, 1.165) is 19.3 Å². The summed E-state index contributed by atoms with van der Waals surface area (Å²) in [5.41, 5.74) is 0.